The summed E-state index contributed by atoms with van der Waals surface area (Å²) in [6, 6.07) is 0. The molecular formula is C12H25N. The van der Waals surface area contributed by atoms with Crippen molar-refractivity contribution in [2.45, 2.75) is 52.4 Å². The molecule has 78 valence electrons. The Labute approximate surface area is 83.3 Å². The molecule has 0 aromatic rings. The van der Waals surface area contributed by atoms with Crippen LogP contribution in [0.25, 0.3) is 0 Å². The van der Waals surface area contributed by atoms with E-state index >= 15 is 0 Å². The van der Waals surface area contributed by atoms with Crippen molar-refractivity contribution in [3.05, 3.63) is 0 Å². The van der Waals surface area contributed by atoms with Gasteiger partial charge < -0.3 is 5.32 Å². The van der Waals surface area contributed by atoms with Crippen LogP contribution in [0.15, 0.2) is 0 Å². The van der Waals surface area contributed by atoms with E-state index in [1.807, 2.05) is 0 Å². The minimum absolute atomic E-state index is 0.981. The molecule has 0 amide bonds. The smallest absolute Gasteiger partial charge is 0.00205 e. The largest absolute Gasteiger partial charge is 0.316 e. The lowest BCUT2D eigenvalue weighted by Crippen LogP contribution is -2.26. The first kappa shape index (κ1) is 11.0. The van der Waals surface area contributed by atoms with E-state index in [2.05, 4.69) is 19.2 Å². The van der Waals surface area contributed by atoms with Crippen molar-refractivity contribution in [1.29, 1.82) is 0 Å². The summed E-state index contributed by atoms with van der Waals surface area (Å²) in [4.78, 5) is 0. The van der Waals surface area contributed by atoms with Gasteiger partial charge in [0.25, 0.3) is 0 Å². The zero-order valence-electron chi connectivity index (χ0n) is 9.31. The Morgan fingerprint density at radius 1 is 1.00 bits per heavy atom. The quantitative estimate of drug-likeness (QED) is 0.645. The molecule has 0 atom stereocenters. The van der Waals surface area contributed by atoms with Crippen LogP contribution in [0.2, 0.25) is 0 Å². The van der Waals surface area contributed by atoms with Gasteiger partial charge in [0.2, 0.25) is 0 Å². The minimum atomic E-state index is 0.981. The number of hydrogen-bond acceptors (Lipinski definition) is 1. The van der Waals surface area contributed by atoms with Crippen LogP contribution in [0.3, 0.4) is 0 Å². The van der Waals surface area contributed by atoms with Crippen molar-refractivity contribution < 1.29 is 0 Å². The Kier molecular flexibility index (Phi) is 5.45. The highest BCUT2D eigenvalue weighted by Gasteiger charge is 2.18. The summed E-state index contributed by atoms with van der Waals surface area (Å²) >= 11 is 0. The molecule has 0 heterocycles. The minimum Gasteiger partial charge on any atom is -0.316 e. The van der Waals surface area contributed by atoms with Gasteiger partial charge in [-0.25, -0.2) is 0 Å². The summed E-state index contributed by atoms with van der Waals surface area (Å²) in [5.41, 5.74) is 0. The standard InChI is InChI=1S/C12H25N/c1-3-9-13-10-12-7-5-11(4-2)6-8-12/h11-13H,3-10H2,1-2H3. The SMILES string of the molecule is CCCNCC1CCC(CC)CC1. The maximum absolute atomic E-state index is 3.54. The van der Waals surface area contributed by atoms with Crippen molar-refractivity contribution in [3.8, 4) is 0 Å². The first-order chi connectivity index (χ1) is 6.36. The molecule has 0 bridgehead atoms. The van der Waals surface area contributed by atoms with Crippen LogP contribution in [-0.2, 0) is 0 Å². The average Bonchev–Trinajstić information content (AvgIpc) is 2.19. The second-order valence-electron chi connectivity index (χ2n) is 4.50. The predicted molar refractivity (Wildman–Crippen MR) is 58.9 cm³/mol. The van der Waals surface area contributed by atoms with Gasteiger partial charge in [-0.2, -0.15) is 0 Å². The Bertz CT molecular complexity index is 112. The average molecular weight is 183 g/mol. The third-order valence-corrected chi connectivity index (χ3v) is 3.40. The van der Waals surface area contributed by atoms with E-state index in [1.54, 1.807) is 0 Å². The molecular weight excluding hydrogens is 158 g/mol. The third-order valence-electron chi connectivity index (χ3n) is 3.40. The first-order valence-corrected chi connectivity index (χ1v) is 6.07. The molecule has 1 saturated carbocycles. The van der Waals surface area contributed by atoms with Crippen LogP contribution in [0.4, 0.5) is 0 Å². The van der Waals surface area contributed by atoms with E-state index in [9.17, 15) is 0 Å². The summed E-state index contributed by atoms with van der Waals surface area (Å²) in [5.74, 6) is 2.02. The molecule has 1 aliphatic carbocycles. The van der Waals surface area contributed by atoms with Gasteiger partial charge in [-0.15, -0.1) is 0 Å². The van der Waals surface area contributed by atoms with Crippen molar-refractivity contribution in [2.24, 2.45) is 11.8 Å². The Balaban J connectivity index is 2.03. The number of nitrogens with one attached hydrogen (secondary N) is 1. The van der Waals surface area contributed by atoms with Gasteiger partial charge in [0.1, 0.15) is 0 Å². The summed E-state index contributed by atoms with van der Waals surface area (Å²) < 4.78 is 0. The molecule has 0 spiro atoms. The number of rotatable bonds is 5. The normalized spacial score (nSPS) is 29.1. The molecule has 1 N–H and O–H groups in total. The molecule has 0 aliphatic heterocycles. The van der Waals surface area contributed by atoms with Crippen LogP contribution in [-0.4, -0.2) is 13.1 Å². The maximum Gasteiger partial charge on any atom is -0.00205 e. The molecule has 0 radical (unpaired) electrons. The van der Waals surface area contributed by atoms with Gasteiger partial charge in [-0.3, -0.25) is 0 Å². The Hall–Kier alpha value is -0.0400. The van der Waals surface area contributed by atoms with Gasteiger partial charge in [0, 0.05) is 0 Å². The second kappa shape index (κ2) is 6.42. The lowest BCUT2D eigenvalue weighted by Gasteiger charge is -2.27. The fraction of sp³-hybridized carbons (Fsp3) is 1.00. The van der Waals surface area contributed by atoms with E-state index in [0.29, 0.717) is 0 Å². The van der Waals surface area contributed by atoms with Gasteiger partial charge in [0.15, 0.2) is 0 Å². The molecule has 1 fully saturated rings. The highest BCUT2D eigenvalue weighted by Crippen LogP contribution is 2.29. The van der Waals surface area contributed by atoms with Crippen LogP contribution in [0.1, 0.15) is 52.4 Å². The lowest BCUT2D eigenvalue weighted by atomic mass is 9.81. The van der Waals surface area contributed by atoms with E-state index in [-0.39, 0.29) is 0 Å². The molecule has 0 unspecified atom stereocenters. The van der Waals surface area contributed by atoms with Crippen LogP contribution >= 0.6 is 0 Å². The molecule has 13 heavy (non-hydrogen) atoms. The zero-order valence-corrected chi connectivity index (χ0v) is 9.31. The second-order valence-corrected chi connectivity index (χ2v) is 4.50. The summed E-state index contributed by atoms with van der Waals surface area (Å²) in [6.45, 7) is 7.04. The van der Waals surface area contributed by atoms with Crippen molar-refractivity contribution in [2.75, 3.05) is 13.1 Å². The fourth-order valence-corrected chi connectivity index (χ4v) is 2.33. The molecule has 0 aromatic heterocycles. The van der Waals surface area contributed by atoms with Gasteiger partial charge in [-0.1, -0.05) is 33.1 Å². The van der Waals surface area contributed by atoms with Gasteiger partial charge in [-0.05, 0) is 44.2 Å². The maximum atomic E-state index is 3.54. The molecule has 1 rings (SSSR count). The van der Waals surface area contributed by atoms with E-state index in [4.69, 9.17) is 0 Å². The van der Waals surface area contributed by atoms with Crippen LogP contribution < -0.4 is 5.32 Å². The van der Waals surface area contributed by atoms with Gasteiger partial charge >= 0.3 is 0 Å². The topological polar surface area (TPSA) is 12.0 Å². The monoisotopic (exact) mass is 183 g/mol. The Morgan fingerprint density at radius 2 is 1.62 bits per heavy atom. The van der Waals surface area contributed by atoms with Gasteiger partial charge in [0.05, 0.1) is 0 Å². The molecule has 1 heteroatoms. The molecule has 1 nitrogen and oxygen atoms in total. The van der Waals surface area contributed by atoms with Crippen LogP contribution in [0.5, 0.6) is 0 Å². The van der Waals surface area contributed by atoms with Crippen molar-refractivity contribution in [1.82, 2.24) is 5.32 Å². The molecule has 0 saturated heterocycles. The lowest BCUT2D eigenvalue weighted by molar-refractivity contribution is 0.263. The summed E-state index contributed by atoms with van der Waals surface area (Å²) in [7, 11) is 0. The van der Waals surface area contributed by atoms with Crippen molar-refractivity contribution in [3.63, 3.8) is 0 Å². The van der Waals surface area contributed by atoms with Crippen molar-refractivity contribution >= 4 is 0 Å². The highest BCUT2D eigenvalue weighted by atomic mass is 14.8. The van der Waals surface area contributed by atoms with E-state index in [0.717, 1.165) is 11.8 Å². The van der Waals surface area contributed by atoms with E-state index in [1.165, 1.54) is 51.6 Å². The summed E-state index contributed by atoms with van der Waals surface area (Å²) in [6.07, 6.45) is 8.56. The van der Waals surface area contributed by atoms with Crippen LogP contribution in [0, 0.1) is 11.8 Å². The molecule has 1 aliphatic rings. The predicted octanol–water partition coefficient (Wildman–Crippen LogP) is 3.20. The highest BCUT2D eigenvalue weighted by molar-refractivity contribution is 4.73. The number of hydrogen-bond donors (Lipinski definition) is 1. The van der Waals surface area contributed by atoms with E-state index < -0.39 is 0 Å². The Morgan fingerprint density at radius 3 is 2.15 bits per heavy atom. The fourth-order valence-electron chi connectivity index (χ4n) is 2.33. The first-order valence-electron chi connectivity index (χ1n) is 6.07. The third kappa shape index (κ3) is 4.12. The molecule has 0 aromatic carbocycles. The summed E-state index contributed by atoms with van der Waals surface area (Å²) in [5, 5.41) is 3.54. The zero-order chi connectivity index (χ0) is 9.52.